The summed E-state index contributed by atoms with van der Waals surface area (Å²) in [7, 11) is 0. The third kappa shape index (κ3) is 4.77. The molecule has 2 fully saturated rings. The molecule has 0 N–H and O–H groups in total. The van der Waals surface area contributed by atoms with Crippen LogP contribution >= 0.6 is 15.9 Å². The summed E-state index contributed by atoms with van der Waals surface area (Å²) in [4.78, 5) is 10.7. The molecule has 0 bridgehead atoms. The Morgan fingerprint density at radius 1 is 0.815 bits per heavy atom. The molecule has 0 saturated carbocycles. The Bertz CT molecular complexity index is 790. The zero-order chi connectivity index (χ0) is 19.2. The summed E-state index contributed by atoms with van der Waals surface area (Å²) in [5, 5.41) is 0. The monoisotopic (exact) mass is 442 g/mol. The van der Waals surface area contributed by atoms with Gasteiger partial charge in [0.05, 0.1) is 36.5 Å². The Hall–Kier alpha value is -1.71. The topological polar surface area (TPSA) is 54.0 Å². The van der Waals surface area contributed by atoms with E-state index in [-0.39, 0.29) is 11.4 Å². The van der Waals surface area contributed by atoms with Crippen LogP contribution in [0, 0.1) is 11.6 Å². The molecule has 0 radical (unpaired) electrons. The van der Waals surface area contributed by atoms with Crippen LogP contribution in [0.5, 0.6) is 0 Å². The lowest BCUT2D eigenvalue weighted by atomic mass is 10.1. The maximum Gasteiger partial charge on any atom is 0.185 e. The van der Waals surface area contributed by atoms with Gasteiger partial charge < -0.3 is 18.9 Å². The average Bonchev–Trinajstić information content (AvgIpc) is 3.38. The Labute approximate surface area is 163 Å². The van der Waals surface area contributed by atoms with E-state index in [2.05, 4.69) is 15.9 Å². The third-order valence-corrected chi connectivity index (χ3v) is 4.77. The van der Waals surface area contributed by atoms with Crippen LogP contribution in [0.1, 0.15) is 34.1 Å². The highest BCUT2D eigenvalue weighted by atomic mass is 79.9. The Morgan fingerprint density at radius 3 is 1.85 bits per heavy atom. The summed E-state index contributed by atoms with van der Waals surface area (Å²) in [5.74, 6) is -0.840. The van der Waals surface area contributed by atoms with Crippen molar-refractivity contribution < 1.29 is 32.5 Å². The van der Waals surface area contributed by atoms with E-state index >= 15 is 0 Å². The van der Waals surface area contributed by atoms with E-state index in [1.807, 2.05) is 0 Å². The predicted octanol–water partition coefficient (Wildman–Crippen LogP) is 4.32. The molecule has 2 saturated heterocycles. The normalized spacial score (nSPS) is 17.6. The molecule has 2 aromatic rings. The molecule has 0 amide bonds. The number of carbonyl (C=O) groups is 1. The quantitative estimate of drug-likeness (QED) is 0.662. The van der Waals surface area contributed by atoms with Gasteiger partial charge >= 0.3 is 0 Å². The molecule has 4 rings (SSSR count). The van der Waals surface area contributed by atoms with Crippen molar-refractivity contribution in [1.29, 1.82) is 0 Å². The lowest BCUT2D eigenvalue weighted by Gasteiger charge is -2.11. The highest BCUT2D eigenvalue weighted by Gasteiger charge is 2.23. The second-order valence-electron chi connectivity index (χ2n) is 5.65. The van der Waals surface area contributed by atoms with Gasteiger partial charge in [0.2, 0.25) is 0 Å². The molecule has 5 nitrogen and oxygen atoms in total. The van der Waals surface area contributed by atoms with Crippen LogP contribution in [0.2, 0.25) is 0 Å². The van der Waals surface area contributed by atoms with Gasteiger partial charge in [-0.2, -0.15) is 0 Å². The zero-order valence-corrected chi connectivity index (χ0v) is 15.8. The van der Waals surface area contributed by atoms with E-state index in [0.29, 0.717) is 48.3 Å². The standard InChI is InChI=1S/C10H9FO3.C9H8BrFO2/c11-9-3-1-2-7(8(9)6-12)10-13-4-5-14-10;10-8-6(2-1-3-7(8)11)9-12-4-5-13-9/h1-3,6,10H,4-5H2;1-3,9H,4-5H2. The number of rotatable bonds is 3. The van der Waals surface area contributed by atoms with Crippen LogP contribution in [0.3, 0.4) is 0 Å². The smallest absolute Gasteiger partial charge is 0.185 e. The van der Waals surface area contributed by atoms with Gasteiger partial charge in [0, 0.05) is 11.1 Å². The highest BCUT2D eigenvalue weighted by Crippen LogP contribution is 2.31. The number of benzene rings is 2. The summed E-state index contributed by atoms with van der Waals surface area (Å²) in [6, 6.07) is 9.21. The fourth-order valence-electron chi connectivity index (χ4n) is 2.66. The van der Waals surface area contributed by atoms with Gasteiger partial charge in [-0.1, -0.05) is 24.3 Å². The molecule has 2 aliphatic heterocycles. The minimum absolute atomic E-state index is 0.0133. The lowest BCUT2D eigenvalue weighted by molar-refractivity contribution is -0.0449. The minimum atomic E-state index is -0.606. The molecule has 27 heavy (non-hydrogen) atoms. The van der Waals surface area contributed by atoms with Crippen molar-refractivity contribution in [3.05, 3.63) is 69.2 Å². The molecule has 0 spiro atoms. The van der Waals surface area contributed by atoms with Gasteiger partial charge in [0.15, 0.2) is 18.9 Å². The first-order valence-electron chi connectivity index (χ1n) is 8.25. The minimum Gasteiger partial charge on any atom is -0.346 e. The number of carbonyl (C=O) groups excluding carboxylic acids is 1. The van der Waals surface area contributed by atoms with Gasteiger partial charge in [0.25, 0.3) is 0 Å². The van der Waals surface area contributed by atoms with Gasteiger partial charge in [-0.05, 0) is 28.1 Å². The van der Waals surface area contributed by atoms with Crippen molar-refractivity contribution in [1.82, 2.24) is 0 Å². The van der Waals surface area contributed by atoms with E-state index in [0.717, 1.165) is 0 Å². The fraction of sp³-hybridized carbons (Fsp3) is 0.316. The predicted molar refractivity (Wildman–Crippen MR) is 95.2 cm³/mol. The van der Waals surface area contributed by atoms with Crippen LogP contribution in [-0.2, 0) is 18.9 Å². The molecule has 0 unspecified atom stereocenters. The van der Waals surface area contributed by atoms with Crippen molar-refractivity contribution in [3.63, 3.8) is 0 Å². The van der Waals surface area contributed by atoms with Crippen LogP contribution in [0.25, 0.3) is 0 Å². The zero-order valence-electron chi connectivity index (χ0n) is 14.2. The van der Waals surface area contributed by atoms with E-state index in [9.17, 15) is 13.6 Å². The van der Waals surface area contributed by atoms with Crippen LogP contribution < -0.4 is 0 Å². The van der Waals surface area contributed by atoms with Crippen LogP contribution in [-0.4, -0.2) is 32.7 Å². The van der Waals surface area contributed by atoms with Crippen molar-refractivity contribution in [2.75, 3.05) is 26.4 Å². The van der Waals surface area contributed by atoms with Gasteiger partial charge in [0.1, 0.15) is 11.6 Å². The molecule has 2 aliphatic rings. The van der Waals surface area contributed by atoms with Gasteiger partial charge in [-0.15, -0.1) is 0 Å². The van der Waals surface area contributed by atoms with E-state index in [1.165, 1.54) is 18.2 Å². The molecule has 0 atom stereocenters. The van der Waals surface area contributed by atoms with Crippen LogP contribution in [0.4, 0.5) is 8.78 Å². The van der Waals surface area contributed by atoms with Crippen molar-refractivity contribution >= 4 is 22.2 Å². The number of hydrogen-bond acceptors (Lipinski definition) is 5. The average molecular weight is 443 g/mol. The molecular formula is C19H17BrF2O5. The van der Waals surface area contributed by atoms with Crippen molar-refractivity contribution in [2.24, 2.45) is 0 Å². The first-order valence-corrected chi connectivity index (χ1v) is 9.05. The molecule has 2 aromatic carbocycles. The highest BCUT2D eigenvalue weighted by molar-refractivity contribution is 9.10. The summed E-state index contributed by atoms with van der Waals surface area (Å²) in [6.07, 6.45) is -0.550. The molecular weight excluding hydrogens is 426 g/mol. The molecule has 2 heterocycles. The van der Waals surface area contributed by atoms with E-state index in [4.69, 9.17) is 18.9 Å². The van der Waals surface area contributed by atoms with E-state index < -0.39 is 18.4 Å². The fourth-order valence-corrected chi connectivity index (χ4v) is 3.11. The third-order valence-electron chi connectivity index (χ3n) is 3.94. The largest absolute Gasteiger partial charge is 0.346 e. The molecule has 0 aliphatic carbocycles. The molecule has 0 aromatic heterocycles. The number of halogens is 3. The number of hydrogen-bond donors (Lipinski definition) is 0. The maximum atomic E-state index is 13.2. The Kier molecular flexibility index (Phi) is 7.03. The number of aldehydes is 1. The summed E-state index contributed by atoms with van der Waals surface area (Å²) in [5.41, 5.74) is 1.18. The first kappa shape index (κ1) is 20.0. The van der Waals surface area contributed by atoms with Gasteiger partial charge in [-0.25, -0.2) is 8.78 Å². The van der Waals surface area contributed by atoms with Gasteiger partial charge in [-0.3, -0.25) is 4.79 Å². The summed E-state index contributed by atoms with van der Waals surface area (Å²) >= 11 is 3.16. The van der Waals surface area contributed by atoms with E-state index in [1.54, 1.807) is 18.2 Å². The lowest BCUT2D eigenvalue weighted by Crippen LogP contribution is -2.04. The first-order chi connectivity index (χ1) is 13.1. The van der Waals surface area contributed by atoms with Crippen LogP contribution in [0.15, 0.2) is 40.9 Å². The second-order valence-corrected chi connectivity index (χ2v) is 6.44. The summed E-state index contributed by atoms with van der Waals surface area (Å²) < 4.78 is 47.5. The molecule has 8 heteroatoms. The van der Waals surface area contributed by atoms with Crippen molar-refractivity contribution in [2.45, 2.75) is 12.6 Å². The maximum absolute atomic E-state index is 13.2. The number of ether oxygens (including phenoxy) is 4. The SMILES string of the molecule is Fc1cccc(C2OCCO2)c1Br.O=Cc1c(F)cccc1C1OCCO1. The Morgan fingerprint density at radius 2 is 1.30 bits per heavy atom. The van der Waals surface area contributed by atoms with Crippen molar-refractivity contribution in [3.8, 4) is 0 Å². The molecule has 144 valence electrons. The Balaban J connectivity index is 0.000000156. The second kappa shape index (κ2) is 9.48. The summed E-state index contributed by atoms with van der Waals surface area (Å²) in [6.45, 7) is 2.07.